The van der Waals surface area contributed by atoms with Gasteiger partial charge in [0.15, 0.2) is 0 Å². The van der Waals surface area contributed by atoms with Crippen LogP contribution in [-0.2, 0) is 11.2 Å². The Kier molecular flexibility index (Phi) is 5.91. The molecule has 1 atom stereocenters. The molecule has 0 bridgehead atoms. The van der Waals surface area contributed by atoms with Crippen molar-refractivity contribution >= 4 is 11.6 Å². The van der Waals surface area contributed by atoms with E-state index in [1.54, 1.807) is 14.2 Å². The van der Waals surface area contributed by atoms with Crippen LogP contribution in [0.2, 0.25) is 5.02 Å². The third kappa shape index (κ3) is 4.60. The van der Waals surface area contributed by atoms with E-state index in [-0.39, 0.29) is 5.41 Å². The van der Waals surface area contributed by atoms with E-state index in [2.05, 4.69) is 12.2 Å². The first-order valence-corrected chi connectivity index (χ1v) is 7.99. The average Bonchev–Trinajstić information content (AvgIpc) is 3.29. The lowest BCUT2D eigenvalue weighted by molar-refractivity contribution is 0.187. The van der Waals surface area contributed by atoms with Gasteiger partial charge in [0.05, 0.1) is 13.7 Å². The van der Waals surface area contributed by atoms with E-state index in [0.717, 1.165) is 42.8 Å². The summed E-state index contributed by atoms with van der Waals surface area (Å²) in [7, 11) is 3.45. The predicted octanol–water partition coefficient (Wildman–Crippen LogP) is 3.54. The second-order valence-electron chi connectivity index (χ2n) is 6.23. The summed E-state index contributed by atoms with van der Waals surface area (Å²) in [4.78, 5) is 0. The Balaban J connectivity index is 2.06. The first kappa shape index (κ1) is 16.6. The minimum Gasteiger partial charge on any atom is -0.496 e. The number of benzene rings is 1. The van der Waals surface area contributed by atoms with E-state index < -0.39 is 0 Å². The van der Waals surface area contributed by atoms with Crippen LogP contribution < -0.4 is 10.1 Å². The molecule has 1 fully saturated rings. The first-order chi connectivity index (χ1) is 10.1. The highest BCUT2D eigenvalue weighted by Gasteiger charge is 2.41. The van der Waals surface area contributed by atoms with Crippen LogP contribution in [0.25, 0.3) is 0 Å². The summed E-state index contributed by atoms with van der Waals surface area (Å²) < 4.78 is 10.6. The molecule has 2 rings (SSSR count). The van der Waals surface area contributed by atoms with Crippen molar-refractivity contribution < 1.29 is 9.47 Å². The van der Waals surface area contributed by atoms with Crippen molar-refractivity contribution in [1.29, 1.82) is 0 Å². The molecule has 1 aromatic carbocycles. The molecule has 1 unspecified atom stereocenters. The highest BCUT2D eigenvalue weighted by molar-refractivity contribution is 6.30. The second-order valence-corrected chi connectivity index (χ2v) is 6.67. The maximum atomic E-state index is 6.16. The molecule has 1 aliphatic rings. The average molecular weight is 312 g/mol. The smallest absolute Gasteiger partial charge is 0.122 e. The number of methoxy groups -OCH3 is 2. The zero-order chi connectivity index (χ0) is 15.3. The minimum atomic E-state index is 0.242. The molecule has 1 N–H and O–H groups in total. The molecule has 0 aliphatic heterocycles. The Morgan fingerprint density at radius 3 is 2.71 bits per heavy atom. The molecule has 4 heteroatoms. The summed E-state index contributed by atoms with van der Waals surface area (Å²) >= 11 is 6.16. The normalized spacial score (nSPS) is 17.5. The number of halogens is 1. The van der Waals surface area contributed by atoms with E-state index >= 15 is 0 Å². The van der Waals surface area contributed by atoms with Gasteiger partial charge < -0.3 is 14.8 Å². The lowest BCUT2D eigenvalue weighted by Gasteiger charge is -2.31. The largest absolute Gasteiger partial charge is 0.496 e. The van der Waals surface area contributed by atoms with Gasteiger partial charge in [0.25, 0.3) is 0 Å². The maximum absolute atomic E-state index is 6.16. The Labute approximate surface area is 133 Å². The number of ether oxygens (including phenoxy) is 2. The van der Waals surface area contributed by atoms with Gasteiger partial charge in [-0.25, -0.2) is 0 Å². The molecule has 1 aromatic rings. The summed E-state index contributed by atoms with van der Waals surface area (Å²) in [5, 5.41) is 4.30. The van der Waals surface area contributed by atoms with E-state index in [1.807, 2.05) is 18.2 Å². The zero-order valence-electron chi connectivity index (χ0n) is 13.2. The molecule has 0 aromatic heterocycles. The summed E-state index contributed by atoms with van der Waals surface area (Å²) in [6.45, 7) is 5.01. The van der Waals surface area contributed by atoms with E-state index in [0.29, 0.717) is 0 Å². The number of hydrogen-bond acceptors (Lipinski definition) is 3. The Bertz CT molecular complexity index is 462. The molecule has 21 heavy (non-hydrogen) atoms. The number of rotatable bonds is 9. The molecule has 0 spiro atoms. The van der Waals surface area contributed by atoms with Crippen molar-refractivity contribution in [2.24, 2.45) is 11.3 Å². The molecular formula is C17H26ClNO2. The minimum absolute atomic E-state index is 0.242. The standard InChI is InChI=1S/C17H26ClNO2/c1-17(14-4-5-14,12-19-8-9-20-2)11-13-10-15(18)6-7-16(13)21-3/h6-7,10,14,19H,4-5,8-9,11-12H2,1-3H3. The molecule has 118 valence electrons. The van der Waals surface area contributed by atoms with Gasteiger partial charge in [-0.1, -0.05) is 18.5 Å². The van der Waals surface area contributed by atoms with Crippen LogP contribution in [0.15, 0.2) is 18.2 Å². The molecule has 1 aliphatic carbocycles. The van der Waals surface area contributed by atoms with E-state index in [1.165, 1.54) is 18.4 Å². The lowest BCUT2D eigenvalue weighted by Crippen LogP contribution is -2.37. The van der Waals surface area contributed by atoms with Crippen LogP contribution in [0.5, 0.6) is 5.75 Å². The zero-order valence-corrected chi connectivity index (χ0v) is 14.0. The third-order valence-corrected chi connectivity index (χ3v) is 4.65. The van der Waals surface area contributed by atoms with Gasteiger partial charge in [-0.2, -0.15) is 0 Å². The van der Waals surface area contributed by atoms with Crippen LogP contribution in [0, 0.1) is 11.3 Å². The second kappa shape index (κ2) is 7.48. The molecule has 1 saturated carbocycles. The maximum Gasteiger partial charge on any atom is 0.122 e. The van der Waals surface area contributed by atoms with Crippen LogP contribution in [0.3, 0.4) is 0 Å². The molecule has 0 amide bonds. The van der Waals surface area contributed by atoms with Gasteiger partial charge in [0, 0.05) is 25.2 Å². The predicted molar refractivity (Wildman–Crippen MR) is 87.3 cm³/mol. The Morgan fingerprint density at radius 2 is 2.10 bits per heavy atom. The van der Waals surface area contributed by atoms with Crippen LogP contribution in [0.4, 0.5) is 0 Å². The van der Waals surface area contributed by atoms with Crippen molar-refractivity contribution in [2.45, 2.75) is 26.2 Å². The summed E-state index contributed by atoms with van der Waals surface area (Å²) in [5.41, 5.74) is 1.44. The molecule has 0 heterocycles. The van der Waals surface area contributed by atoms with Crippen molar-refractivity contribution in [1.82, 2.24) is 5.32 Å². The van der Waals surface area contributed by atoms with Gasteiger partial charge in [-0.3, -0.25) is 0 Å². The van der Waals surface area contributed by atoms with Crippen molar-refractivity contribution in [3.05, 3.63) is 28.8 Å². The van der Waals surface area contributed by atoms with Crippen molar-refractivity contribution in [3.63, 3.8) is 0 Å². The number of hydrogen-bond donors (Lipinski definition) is 1. The quantitative estimate of drug-likeness (QED) is 0.708. The highest BCUT2D eigenvalue weighted by Crippen LogP contribution is 2.48. The fraction of sp³-hybridized carbons (Fsp3) is 0.647. The first-order valence-electron chi connectivity index (χ1n) is 7.61. The molecular weight excluding hydrogens is 286 g/mol. The van der Waals surface area contributed by atoms with E-state index in [9.17, 15) is 0 Å². The topological polar surface area (TPSA) is 30.5 Å². The van der Waals surface area contributed by atoms with Gasteiger partial charge in [0.2, 0.25) is 0 Å². The van der Waals surface area contributed by atoms with Crippen LogP contribution >= 0.6 is 11.6 Å². The molecule has 0 saturated heterocycles. The fourth-order valence-electron chi connectivity index (χ4n) is 3.00. The van der Waals surface area contributed by atoms with Gasteiger partial charge in [-0.05, 0) is 54.4 Å². The van der Waals surface area contributed by atoms with Gasteiger partial charge >= 0.3 is 0 Å². The Hall–Kier alpha value is -0.770. The lowest BCUT2D eigenvalue weighted by atomic mass is 9.78. The van der Waals surface area contributed by atoms with Crippen LogP contribution in [-0.4, -0.2) is 33.9 Å². The van der Waals surface area contributed by atoms with Gasteiger partial charge in [-0.15, -0.1) is 0 Å². The molecule has 0 radical (unpaired) electrons. The Morgan fingerprint density at radius 1 is 1.33 bits per heavy atom. The van der Waals surface area contributed by atoms with Crippen molar-refractivity contribution in [3.8, 4) is 5.75 Å². The summed E-state index contributed by atoms with van der Waals surface area (Å²) in [6, 6.07) is 5.88. The van der Waals surface area contributed by atoms with Crippen molar-refractivity contribution in [2.75, 3.05) is 33.9 Å². The summed E-state index contributed by atoms with van der Waals surface area (Å²) in [6.07, 6.45) is 3.64. The highest BCUT2D eigenvalue weighted by atomic mass is 35.5. The van der Waals surface area contributed by atoms with E-state index in [4.69, 9.17) is 21.1 Å². The molecule has 3 nitrogen and oxygen atoms in total. The fourth-order valence-corrected chi connectivity index (χ4v) is 3.19. The van der Waals surface area contributed by atoms with Gasteiger partial charge in [0.1, 0.15) is 5.75 Å². The third-order valence-electron chi connectivity index (χ3n) is 4.41. The number of nitrogens with one attached hydrogen (secondary N) is 1. The van der Waals surface area contributed by atoms with Crippen LogP contribution in [0.1, 0.15) is 25.3 Å². The SMILES string of the molecule is COCCNCC(C)(Cc1cc(Cl)ccc1OC)C1CC1. The monoisotopic (exact) mass is 311 g/mol. The summed E-state index contributed by atoms with van der Waals surface area (Å²) in [5.74, 6) is 1.72.